The number of aryl methyl sites for hydroxylation is 1. The van der Waals surface area contributed by atoms with Gasteiger partial charge in [-0.05, 0) is 6.42 Å². The van der Waals surface area contributed by atoms with Gasteiger partial charge in [-0.25, -0.2) is 4.98 Å². The lowest BCUT2D eigenvalue weighted by Gasteiger charge is -2.11. The summed E-state index contributed by atoms with van der Waals surface area (Å²) in [7, 11) is 3.59. The van der Waals surface area contributed by atoms with Crippen molar-refractivity contribution in [1.29, 1.82) is 0 Å². The van der Waals surface area contributed by atoms with Crippen molar-refractivity contribution in [1.82, 2.24) is 9.55 Å². The maximum Gasteiger partial charge on any atom is 0.125 e. The molecular formula is C10H19N3O2. The number of rotatable bonds is 7. The van der Waals surface area contributed by atoms with E-state index in [1.54, 1.807) is 13.3 Å². The van der Waals surface area contributed by atoms with Crippen molar-refractivity contribution >= 4 is 0 Å². The smallest absolute Gasteiger partial charge is 0.125 e. The summed E-state index contributed by atoms with van der Waals surface area (Å²) in [5.74, 6) is 0.894. The predicted molar refractivity (Wildman–Crippen MR) is 57.4 cm³/mol. The number of nitrogens with zero attached hydrogens (tertiary/aromatic N) is 2. The number of nitrogens with two attached hydrogens (primary N) is 1. The normalized spacial score (nSPS) is 13.0. The third-order valence-corrected chi connectivity index (χ3v) is 2.20. The molecule has 0 saturated heterocycles. The van der Waals surface area contributed by atoms with E-state index >= 15 is 0 Å². The van der Waals surface area contributed by atoms with E-state index in [4.69, 9.17) is 15.2 Å². The Morgan fingerprint density at radius 3 is 2.87 bits per heavy atom. The molecular weight excluding hydrogens is 194 g/mol. The lowest BCUT2D eigenvalue weighted by atomic mass is 10.2. The summed E-state index contributed by atoms with van der Waals surface area (Å²) >= 11 is 0. The van der Waals surface area contributed by atoms with Crippen LogP contribution in [0.3, 0.4) is 0 Å². The Morgan fingerprint density at radius 1 is 1.47 bits per heavy atom. The maximum atomic E-state index is 5.96. The van der Waals surface area contributed by atoms with Gasteiger partial charge >= 0.3 is 0 Å². The van der Waals surface area contributed by atoms with E-state index in [0.717, 1.165) is 12.2 Å². The molecule has 1 heterocycles. The molecule has 0 amide bonds. The molecule has 0 bridgehead atoms. The van der Waals surface area contributed by atoms with Crippen LogP contribution in [0.2, 0.25) is 0 Å². The van der Waals surface area contributed by atoms with Gasteiger partial charge in [0.25, 0.3) is 0 Å². The highest BCUT2D eigenvalue weighted by molar-refractivity contribution is 4.97. The molecule has 0 radical (unpaired) electrons. The van der Waals surface area contributed by atoms with Crippen molar-refractivity contribution in [3.8, 4) is 0 Å². The second-order valence-corrected chi connectivity index (χ2v) is 3.40. The van der Waals surface area contributed by atoms with Gasteiger partial charge in [0, 0.05) is 33.2 Å². The van der Waals surface area contributed by atoms with E-state index < -0.39 is 0 Å². The molecule has 0 spiro atoms. The number of ether oxygens (including phenoxy) is 2. The molecule has 5 heteroatoms. The van der Waals surface area contributed by atoms with Gasteiger partial charge in [-0.1, -0.05) is 0 Å². The van der Waals surface area contributed by atoms with E-state index in [9.17, 15) is 0 Å². The van der Waals surface area contributed by atoms with Crippen LogP contribution in [0, 0.1) is 0 Å². The minimum absolute atomic E-state index is 0.0625. The summed E-state index contributed by atoms with van der Waals surface area (Å²) in [6.07, 6.45) is 4.41. The van der Waals surface area contributed by atoms with Crippen LogP contribution in [0.4, 0.5) is 0 Å². The first-order valence-electron chi connectivity index (χ1n) is 5.05. The molecule has 1 aromatic heterocycles. The van der Waals surface area contributed by atoms with E-state index in [-0.39, 0.29) is 6.04 Å². The first-order valence-corrected chi connectivity index (χ1v) is 5.05. The van der Waals surface area contributed by atoms with Crippen molar-refractivity contribution in [3.05, 3.63) is 18.2 Å². The highest BCUT2D eigenvalue weighted by Gasteiger charge is 2.09. The van der Waals surface area contributed by atoms with Crippen molar-refractivity contribution < 1.29 is 9.47 Å². The van der Waals surface area contributed by atoms with Gasteiger partial charge in [0.05, 0.1) is 19.3 Å². The van der Waals surface area contributed by atoms with Crippen LogP contribution in [0.25, 0.3) is 0 Å². The Kier molecular flexibility index (Phi) is 5.31. The molecule has 1 unspecified atom stereocenters. The van der Waals surface area contributed by atoms with Gasteiger partial charge < -0.3 is 19.8 Å². The van der Waals surface area contributed by atoms with Crippen LogP contribution in [0.1, 0.15) is 18.3 Å². The summed E-state index contributed by atoms with van der Waals surface area (Å²) in [6.45, 7) is 1.87. The predicted octanol–water partition coefficient (Wildman–Crippen LogP) is 0.473. The molecule has 0 fully saturated rings. The molecule has 2 N–H and O–H groups in total. The second-order valence-electron chi connectivity index (χ2n) is 3.40. The molecule has 15 heavy (non-hydrogen) atoms. The molecule has 86 valence electrons. The summed E-state index contributed by atoms with van der Waals surface area (Å²) in [4.78, 5) is 4.19. The fraction of sp³-hybridized carbons (Fsp3) is 0.700. The number of methoxy groups -OCH3 is 1. The van der Waals surface area contributed by atoms with E-state index in [1.165, 1.54) is 0 Å². The van der Waals surface area contributed by atoms with Gasteiger partial charge in [-0.15, -0.1) is 0 Å². The summed E-state index contributed by atoms with van der Waals surface area (Å²) < 4.78 is 12.1. The molecule has 1 rings (SSSR count). The van der Waals surface area contributed by atoms with Crippen molar-refractivity contribution in [2.75, 3.05) is 26.9 Å². The Bertz CT molecular complexity index is 275. The van der Waals surface area contributed by atoms with Gasteiger partial charge in [0.2, 0.25) is 0 Å². The number of aromatic nitrogens is 2. The third-order valence-electron chi connectivity index (χ3n) is 2.20. The fourth-order valence-electron chi connectivity index (χ4n) is 1.32. The van der Waals surface area contributed by atoms with Gasteiger partial charge in [0.1, 0.15) is 5.82 Å². The molecule has 0 aliphatic heterocycles. The van der Waals surface area contributed by atoms with E-state index in [2.05, 4.69) is 4.98 Å². The van der Waals surface area contributed by atoms with E-state index in [1.807, 2.05) is 17.8 Å². The van der Waals surface area contributed by atoms with Crippen LogP contribution in [-0.2, 0) is 16.5 Å². The Hall–Kier alpha value is -0.910. The van der Waals surface area contributed by atoms with Crippen molar-refractivity contribution in [2.24, 2.45) is 12.8 Å². The van der Waals surface area contributed by atoms with Crippen LogP contribution in [0.5, 0.6) is 0 Å². The van der Waals surface area contributed by atoms with Crippen molar-refractivity contribution in [3.63, 3.8) is 0 Å². The number of imidazole rings is 1. The summed E-state index contributed by atoms with van der Waals surface area (Å²) in [6, 6.07) is -0.0625. The standard InChI is InChI=1S/C10H19N3O2/c1-13-5-4-12-10(13)9(11)3-6-15-8-7-14-2/h4-5,9H,3,6-8,11H2,1-2H3. The maximum absolute atomic E-state index is 5.96. The van der Waals surface area contributed by atoms with Crippen LogP contribution in [-0.4, -0.2) is 36.5 Å². The Balaban J connectivity index is 2.19. The third kappa shape index (κ3) is 3.99. The Labute approximate surface area is 90.2 Å². The summed E-state index contributed by atoms with van der Waals surface area (Å²) in [5, 5.41) is 0. The lowest BCUT2D eigenvalue weighted by molar-refractivity contribution is 0.0668. The zero-order valence-electron chi connectivity index (χ0n) is 9.35. The number of hydrogen-bond donors (Lipinski definition) is 1. The van der Waals surface area contributed by atoms with Crippen LogP contribution < -0.4 is 5.73 Å². The molecule has 0 saturated carbocycles. The molecule has 0 aromatic carbocycles. The highest BCUT2D eigenvalue weighted by Crippen LogP contribution is 2.10. The number of hydrogen-bond acceptors (Lipinski definition) is 4. The molecule has 1 aromatic rings. The van der Waals surface area contributed by atoms with Gasteiger partial charge in [-0.2, -0.15) is 0 Å². The Morgan fingerprint density at radius 2 is 2.27 bits per heavy atom. The summed E-state index contributed by atoms with van der Waals surface area (Å²) in [5.41, 5.74) is 5.96. The van der Waals surface area contributed by atoms with E-state index in [0.29, 0.717) is 19.8 Å². The molecule has 0 aliphatic carbocycles. The topological polar surface area (TPSA) is 62.3 Å². The first-order chi connectivity index (χ1) is 7.25. The minimum Gasteiger partial charge on any atom is -0.382 e. The van der Waals surface area contributed by atoms with Crippen molar-refractivity contribution in [2.45, 2.75) is 12.5 Å². The lowest BCUT2D eigenvalue weighted by Crippen LogP contribution is -2.17. The largest absolute Gasteiger partial charge is 0.382 e. The van der Waals surface area contributed by atoms with Crippen LogP contribution >= 0.6 is 0 Å². The fourth-order valence-corrected chi connectivity index (χ4v) is 1.32. The molecule has 0 aliphatic rings. The zero-order chi connectivity index (χ0) is 11.1. The minimum atomic E-state index is -0.0625. The monoisotopic (exact) mass is 213 g/mol. The van der Waals surface area contributed by atoms with Crippen LogP contribution in [0.15, 0.2) is 12.4 Å². The molecule has 1 atom stereocenters. The average molecular weight is 213 g/mol. The first kappa shape index (κ1) is 12.2. The van der Waals surface area contributed by atoms with Gasteiger partial charge in [-0.3, -0.25) is 0 Å². The zero-order valence-corrected chi connectivity index (χ0v) is 9.35. The average Bonchev–Trinajstić information content (AvgIpc) is 2.64. The SMILES string of the molecule is COCCOCCC(N)c1nccn1C. The highest BCUT2D eigenvalue weighted by atomic mass is 16.5. The quantitative estimate of drug-likeness (QED) is 0.669. The van der Waals surface area contributed by atoms with Gasteiger partial charge in [0.15, 0.2) is 0 Å². The second kappa shape index (κ2) is 6.55. The molecule has 5 nitrogen and oxygen atoms in total.